The molecular formula is C29H26N2O5S. The van der Waals surface area contributed by atoms with Gasteiger partial charge in [-0.3, -0.25) is 9.10 Å². The second-order valence-electron chi connectivity index (χ2n) is 8.64. The Morgan fingerprint density at radius 1 is 0.838 bits per heavy atom. The molecule has 188 valence electrons. The molecule has 1 N–H and O–H groups in total. The minimum absolute atomic E-state index is 0.129. The zero-order valence-corrected chi connectivity index (χ0v) is 20.8. The Morgan fingerprint density at radius 3 is 2.16 bits per heavy atom. The quantitative estimate of drug-likeness (QED) is 0.358. The van der Waals surface area contributed by atoms with E-state index in [4.69, 9.17) is 9.47 Å². The maximum Gasteiger partial charge on any atom is 0.267 e. The van der Waals surface area contributed by atoms with E-state index in [-0.39, 0.29) is 12.3 Å². The van der Waals surface area contributed by atoms with E-state index in [1.165, 1.54) is 4.31 Å². The van der Waals surface area contributed by atoms with E-state index in [0.29, 0.717) is 35.0 Å². The Labute approximate surface area is 216 Å². The summed E-state index contributed by atoms with van der Waals surface area (Å²) in [6.07, 6.45) is -1.02. The number of sulfonamides is 1. The fraction of sp³-hybridized carbons (Fsp3) is 0.138. The molecule has 8 heteroatoms. The van der Waals surface area contributed by atoms with Gasteiger partial charge < -0.3 is 14.8 Å². The molecule has 0 fully saturated rings. The van der Waals surface area contributed by atoms with Gasteiger partial charge in [-0.15, -0.1) is 0 Å². The van der Waals surface area contributed by atoms with Crippen LogP contribution in [-0.2, 0) is 27.2 Å². The Balaban J connectivity index is 1.27. The van der Waals surface area contributed by atoms with Crippen LogP contribution in [0.15, 0.2) is 109 Å². The first-order valence-electron chi connectivity index (χ1n) is 11.9. The van der Waals surface area contributed by atoms with E-state index < -0.39 is 22.0 Å². The number of carbonyl (C=O) groups excluding carboxylic acids is 1. The summed E-state index contributed by atoms with van der Waals surface area (Å²) in [5.74, 6) is 0.395. The summed E-state index contributed by atoms with van der Waals surface area (Å²) in [6.45, 7) is 0.311. The molecule has 1 heterocycles. The van der Waals surface area contributed by atoms with Gasteiger partial charge in [0.05, 0.1) is 18.0 Å². The third-order valence-electron chi connectivity index (χ3n) is 5.93. The normalized spacial score (nSPS) is 14.8. The molecule has 0 saturated heterocycles. The van der Waals surface area contributed by atoms with Crippen LogP contribution in [0.4, 0.5) is 11.4 Å². The summed E-state index contributed by atoms with van der Waals surface area (Å²) in [4.78, 5) is 13.1. The van der Waals surface area contributed by atoms with E-state index in [1.807, 2.05) is 36.4 Å². The molecule has 37 heavy (non-hydrogen) atoms. The Morgan fingerprint density at radius 2 is 1.46 bits per heavy atom. The fourth-order valence-electron chi connectivity index (χ4n) is 4.06. The molecule has 1 aliphatic rings. The second-order valence-corrected chi connectivity index (χ2v) is 10.5. The van der Waals surface area contributed by atoms with Crippen molar-refractivity contribution in [3.63, 3.8) is 0 Å². The van der Waals surface area contributed by atoms with Crippen molar-refractivity contribution >= 4 is 27.3 Å². The number of benzene rings is 4. The number of amides is 1. The first-order chi connectivity index (χ1) is 18.0. The molecule has 1 unspecified atom stereocenters. The van der Waals surface area contributed by atoms with Crippen molar-refractivity contribution in [3.05, 3.63) is 120 Å². The first-order valence-corrected chi connectivity index (χ1v) is 13.5. The first kappa shape index (κ1) is 24.4. The molecule has 0 radical (unpaired) electrons. The SMILES string of the molecule is O=C(Nc1ccc(OCc2ccccc2)cc1)C1CN(S(=O)(=O)Cc2ccccc2)c2ccccc2O1. The van der Waals surface area contributed by atoms with Crippen LogP contribution >= 0.6 is 0 Å². The van der Waals surface area contributed by atoms with Gasteiger partial charge in [-0.05, 0) is 47.5 Å². The number of para-hydroxylation sites is 2. The average molecular weight is 515 g/mol. The molecule has 5 rings (SSSR count). The van der Waals surface area contributed by atoms with Crippen LogP contribution in [0, 0.1) is 0 Å². The lowest BCUT2D eigenvalue weighted by molar-refractivity contribution is -0.122. The van der Waals surface area contributed by atoms with Gasteiger partial charge in [0.1, 0.15) is 18.1 Å². The predicted octanol–water partition coefficient (Wildman–Crippen LogP) is 5.00. The predicted molar refractivity (Wildman–Crippen MR) is 143 cm³/mol. The van der Waals surface area contributed by atoms with Crippen LogP contribution in [0.2, 0.25) is 0 Å². The van der Waals surface area contributed by atoms with Gasteiger partial charge in [0.25, 0.3) is 5.91 Å². The Hall–Kier alpha value is -4.30. The number of ether oxygens (including phenoxy) is 2. The molecule has 4 aromatic rings. The molecule has 4 aromatic carbocycles. The summed E-state index contributed by atoms with van der Waals surface area (Å²) in [7, 11) is -3.77. The summed E-state index contributed by atoms with van der Waals surface area (Å²) < 4.78 is 39.7. The zero-order chi connectivity index (χ0) is 25.7. The highest BCUT2D eigenvalue weighted by molar-refractivity contribution is 7.92. The summed E-state index contributed by atoms with van der Waals surface area (Å²) in [6, 6.07) is 32.6. The third-order valence-corrected chi connectivity index (χ3v) is 7.64. The molecule has 7 nitrogen and oxygen atoms in total. The van der Waals surface area contributed by atoms with Crippen LogP contribution in [0.5, 0.6) is 11.5 Å². The number of carbonyl (C=O) groups is 1. The number of anilines is 2. The number of hydrogen-bond donors (Lipinski definition) is 1. The number of nitrogens with one attached hydrogen (secondary N) is 1. The zero-order valence-electron chi connectivity index (χ0n) is 20.0. The summed E-state index contributed by atoms with van der Waals surface area (Å²) in [5.41, 5.74) is 2.70. The largest absolute Gasteiger partial charge is 0.489 e. The molecule has 0 saturated carbocycles. The van der Waals surface area contributed by atoms with E-state index in [9.17, 15) is 13.2 Å². The molecule has 0 aromatic heterocycles. The molecular weight excluding hydrogens is 488 g/mol. The highest BCUT2D eigenvalue weighted by Gasteiger charge is 2.36. The smallest absolute Gasteiger partial charge is 0.267 e. The number of rotatable bonds is 8. The van der Waals surface area contributed by atoms with Gasteiger partial charge in [0, 0.05) is 5.69 Å². The van der Waals surface area contributed by atoms with Crippen LogP contribution in [0.25, 0.3) is 0 Å². The van der Waals surface area contributed by atoms with Crippen molar-refractivity contribution in [3.8, 4) is 11.5 Å². The number of nitrogens with zero attached hydrogens (tertiary/aromatic N) is 1. The van der Waals surface area contributed by atoms with E-state index in [1.54, 1.807) is 72.8 Å². The van der Waals surface area contributed by atoms with Gasteiger partial charge in [0.2, 0.25) is 10.0 Å². The van der Waals surface area contributed by atoms with Crippen LogP contribution in [-0.4, -0.2) is 27.0 Å². The minimum Gasteiger partial charge on any atom is -0.489 e. The average Bonchev–Trinajstić information content (AvgIpc) is 2.93. The van der Waals surface area contributed by atoms with Crippen molar-refractivity contribution in [2.75, 3.05) is 16.2 Å². The van der Waals surface area contributed by atoms with Gasteiger partial charge in [0.15, 0.2) is 6.10 Å². The highest BCUT2D eigenvalue weighted by Crippen LogP contribution is 2.36. The van der Waals surface area contributed by atoms with Crippen molar-refractivity contribution < 1.29 is 22.7 Å². The molecule has 1 amide bonds. The monoisotopic (exact) mass is 514 g/mol. The van der Waals surface area contributed by atoms with Crippen LogP contribution < -0.4 is 19.1 Å². The van der Waals surface area contributed by atoms with Crippen molar-refractivity contribution in [1.82, 2.24) is 0 Å². The molecule has 0 spiro atoms. The topological polar surface area (TPSA) is 84.9 Å². The maximum atomic E-state index is 13.4. The van der Waals surface area contributed by atoms with Crippen LogP contribution in [0.1, 0.15) is 11.1 Å². The number of hydrogen-bond acceptors (Lipinski definition) is 5. The van der Waals surface area contributed by atoms with Crippen LogP contribution in [0.3, 0.4) is 0 Å². The van der Waals surface area contributed by atoms with Crippen molar-refractivity contribution in [1.29, 1.82) is 0 Å². The minimum atomic E-state index is -3.77. The number of fused-ring (bicyclic) bond motifs is 1. The maximum absolute atomic E-state index is 13.4. The van der Waals surface area contributed by atoms with Gasteiger partial charge >= 0.3 is 0 Å². The fourth-order valence-corrected chi connectivity index (χ4v) is 5.65. The third kappa shape index (κ3) is 5.92. The van der Waals surface area contributed by atoms with E-state index in [2.05, 4.69) is 5.32 Å². The molecule has 0 aliphatic carbocycles. The van der Waals surface area contributed by atoms with Gasteiger partial charge in [-0.1, -0.05) is 72.8 Å². The van der Waals surface area contributed by atoms with Crippen molar-refractivity contribution in [2.24, 2.45) is 0 Å². The Bertz CT molecular complexity index is 1460. The van der Waals surface area contributed by atoms with Crippen molar-refractivity contribution in [2.45, 2.75) is 18.5 Å². The molecule has 1 aliphatic heterocycles. The summed E-state index contributed by atoms with van der Waals surface area (Å²) >= 11 is 0. The highest BCUT2D eigenvalue weighted by atomic mass is 32.2. The molecule has 1 atom stereocenters. The lowest BCUT2D eigenvalue weighted by Crippen LogP contribution is -2.49. The standard InChI is InChI=1S/C29H26N2O5S/c32-29(30-24-15-17-25(18-16-24)35-20-22-9-3-1-4-10-22)28-19-31(26-13-7-8-14-27(26)36-28)37(33,34)21-23-11-5-2-6-12-23/h1-18,28H,19-21H2,(H,30,32). The second kappa shape index (κ2) is 10.8. The van der Waals surface area contributed by atoms with Gasteiger partial charge in [-0.2, -0.15) is 0 Å². The lowest BCUT2D eigenvalue weighted by atomic mass is 10.2. The van der Waals surface area contributed by atoms with Gasteiger partial charge in [-0.25, -0.2) is 8.42 Å². The lowest BCUT2D eigenvalue weighted by Gasteiger charge is -2.34. The summed E-state index contributed by atoms with van der Waals surface area (Å²) in [5, 5.41) is 2.82. The molecule has 0 bridgehead atoms. The Kier molecular flexibility index (Phi) is 7.09. The van der Waals surface area contributed by atoms with E-state index in [0.717, 1.165) is 5.56 Å². The van der Waals surface area contributed by atoms with E-state index >= 15 is 0 Å².